The molecule has 0 aliphatic carbocycles. The second kappa shape index (κ2) is 5.72. The van der Waals surface area contributed by atoms with E-state index in [0.717, 1.165) is 40.0 Å². The van der Waals surface area contributed by atoms with E-state index in [0.29, 0.717) is 12.2 Å². The molecular formula is C18H19N5O. The molecule has 3 heterocycles. The molecule has 4 aromatic rings. The predicted octanol–water partition coefficient (Wildman–Crippen LogP) is 2.75. The van der Waals surface area contributed by atoms with Crippen LogP contribution in [0.4, 0.5) is 0 Å². The van der Waals surface area contributed by atoms with Crippen LogP contribution in [0.5, 0.6) is 0 Å². The van der Waals surface area contributed by atoms with Crippen LogP contribution in [-0.2, 0) is 6.54 Å². The lowest BCUT2D eigenvalue weighted by atomic mass is 10.2. The maximum Gasteiger partial charge on any atom is 0.182 e. The Hall–Kier alpha value is -2.73. The highest BCUT2D eigenvalue weighted by atomic mass is 16.3. The molecule has 1 N–H and O–H groups in total. The fourth-order valence-electron chi connectivity index (χ4n) is 3.14. The van der Waals surface area contributed by atoms with Gasteiger partial charge in [-0.05, 0) is 25.8 Å². The van der Waals surface area contributed by atoms with Crippen LogP contribution in [0.3, 0.4) is 0 Å². The summed E-state index contributed by atoms with van der Waals surface area (Å²) in [5, 5.41) is 14.7. The van der Waals surface area contributed by atoms with E-state index in [1.54, 1.807) is 10.8 Å². The first-order chi connectivity index (χ1) is 11.7. The SMILES string of the molecule is Cc1c(C)n(CCCO)c2ncn3nc(-c4ccccc4)nc3c12. The van der Waals surface area contributed by atoms with E-state index in [4.69, 9.17) is 10.1 Å². The first kappa shape index (κ1) is 14.8. The van der Waals surface area contributed by atoms with Gasteiger partial charge in [0.05, 0.1) is 5.39 Å². The summed E-state index contributed by atoms with van der Waals surface area (Å²) in [6.07, 6.45) is 2.42. The van der Waals surface area contributed by atoms with Gasteiger partial charge >= 0.3 is 0 Å². The van der Waals surface area contributed by atoms with Crippen LogP contribution in [0.1, 0.15) is 17.7 Å². The summed E-state index contributed by atoms with van der Waals surface area (Å²) in [7, 11) is 0. The van der Waals surface area contributed by atoms with Crippen molar-refractivity contribution in [2.24, 2.45) is 0 Å². The van der Waals surface area contributed by atoms with E-state index in [2.05, 4.69) is 28.5 Å². The Kier molecular flexibility index (Phi) is 3.54. The largest absolute Gasteiger partial charge is 0.396 e. The summed E-state index contributed by atoms with van der Waals surface area (Å²) < 4.78 is 3.89. The van der Waals surface area contributed by atoms with Crippen molar-refractivity contribution in [3.05, 3.63) is 47.9 Å². The van der Waals surface area contributed by atoms with E-state index in [1.807, 2.05) is 30.3 Å². The van der Waals surface area contributed by atoms with E-state index in [-0.39, 0.29) is 6.61 Å². The van der Waals surface area contributed by atoms with Crippen molar-refractivity contribution in [3.63, 3.8) is 0 Å². The van der Waals surface area contributed by atoms with Crippen LogP contribution in [0.25, 0.3) is 28.1 Å². The summed E-state index contributed by atoms with van der Waals surface area (Å²) in [4.78, 5) is 9.35. The normalized spacial score (nSPS) is 11.6. The fourth-order valence-corrected chi connectivity index (χ4v) is 3.14. The minimum absolute atomic E-state index is 0.170. The quantitative estimate of drug-likeness (QED) is 0.627. The number of fused-ring (bicyclic) bond motifs is 3. The van der Waals surface area contributed by atoms with Crippen molar-refractivity contribution in [1.82, 2.24) is 24.1 Å². The third kappa shape index (κ3) is 2.18. The zero-order valence-electron chi connectivity index (χ0n) is 13.8. The average Bonchev–Trinajstić information content (AvgIpc) is 3.14. The number of aliphatic hydroxyl groups excluding tert-OH is 1. The molecule has 0 saturated heterocycles. The van der Waals surface area contributed by atoms with Crippen LogP contribution < -0.4 is 0 Å². The van der Waals surface area contributed by atoms with E-state index in [1.165, 1.54) is 0 Å². The number of rotatable bonds is 4. The van der Waals surface area contributed by atoms with Gasteiger partial charge in [0.15, 0.2) is 11.5 Å². The molecule has 122 valence electrons. The lowest BCUT2D eigenvalue weighted by Crippen LogP contribution is -2.03. The van der Waals surface area contributed by atoms with Gasteiger partial charge in [0.2, 0.25) is 0 Å². The van der Waals surface area contributed by atoms with Crippen LogP contribution in [0.15, 0.2) is 36.7 Å². The minimum atomic E-state index is 0.170. The molecule has 0 bridgehead atoms. The Labute approximate surface area is 139 Å². The highest BCUT2D eigenvalue weighted by molar-refractivity contribution is 5.94. The van der Waals surface area contributed by atoms with Crippen molar-refractivity contribution < 1.29 is 5.11 Å². The maximum atomic E-state index is 9.14. The molecule has 0 atom stereocenters. The summed E-state index contributed by atoms with van der Waals surface area (Å²) in [6.45, 7) is 5.09. The van der Waals surface area contributed by atoms with Crippen molar-refractivity contribution >= 4 is 16.7 Å². The van der Waals surface area contributed by atoms with E-state index >= 15 is 0 Å². The first-order valence-electron chi connectivity index (χ1n) is 8.07. The fraction of sp³-hybridized carbons (Fsp3) is 0.278. The molecule has 0 fully saturated rings. The number of benzene rings is 1. The topological polar surface area (TPSA) is 68.2 Å². The molecule has 24 heavy (non-hydrogen) atoms. The Morgan fingerprint density at radius 1 is 1.08 bits per heavy atom. The number of aromatic nitrogens is 5. The average molecular weight is 321 g/mol. The molecule has 0 radical (unpaired) electrons. The molecule has 0 aliphatic heterocycles. The van der Waals surface area contributed by atoms with Gasteiger partial charge in [-0.3, -0.25) is 0 Å². The zero-order chi connectivity index (χ0) is 16.7. The molecule has 6 heteroatoms. The van der Waals surface area contributed by atoms with Gasteiger partial charge in [-0.25, -0.2) is 14.5 Å². The third-order valence-corrected chi connectivity index (χ3v) is 4.52. The molecule has 4 rings (SSSR count). The lowest BCUT2D eigenvalue weighted by Gasteiger charge is -2.05. The molecular weight excluding hydrogens is 302 g/mol. The molecule has 0 amide bonds. The summed E-state index contributed by atoms with van der Waals surface area (Å²) in [6, 6.07) is 9.95. The van der Waals surface area contributed by atoms with Gasteiger partial charge < -0.3 is 9.67 Å². The molecule has 1 aromatic carbocycles. The molecule has 0 saturated carbocycles. The summed E-state index contributed by atoms with van der Waals surface area (Å²) in [5.41, 5.74) is 5.03. The van der Waals surface area contributed by atoms with Crippen molar-refractivity contribution in [3.8, 4) is 11.4 Å². The Balaban J connectivity index is 1.96. The minimum Gasteiger partial charge on any atom is -0.396 e. The van der Waals surface area contributed by atoms with Gasteiger partial charge in [0, 0.05) is 24.4 Å². The standard InChI is InChI=1S/C18H19N5O/c1-12-13(2)22(9-6-10-24)17-15(12)18-20-16(21-23(18)11-19-17)14-7-4-3-5-8-14/h3-5,7-8,11,24H,6,9-10H2,1-2H3. The van der Waals surface area contributed by atoms with Crippen molar-refractivity contribution in [1.29, 1.82) is 0 Å². The number of hydrogen-bond acceptors (Lipinski definition) is 4. The van der Waals surface area contributed by atoms with E-state index < -0.39 is 0 Å². The van der Waals surface area contributed by atoms with Crippen LogP contribution in [-0.4, -0.2) is 35.9 Å². The van der Waals surface area contributed by atoms with Gasteiger partial charge in [-0.15, -0.1) is 5.10 Å². The van der Waals surface area contributed by atoms with Crippen molar-refractivity contribution in [2.45, 2.75) is 26.8 Å². The third-order valence-electron chi connectivity index (χ3n) is 4.52. The van der Waals surface area contributed by atoms with Crippen LogP contribution in [0.2, 0.25) is 0 Å². The molecule has 6 nitrogen and oxygen atoms in total. The molecule has 0 unspecified atom stereocenters. The maximum absolute atomic E-state index is 9.14. The Bertz CT molecular complexity index is 1020. The number of hydrogen-bond donors (Lipinski definition) is 1. The molecule has 0 aliphatic rings. The van der Waals surface area contributed by atoms with E-state index in [9.17, 15) is 0 Å². The highest BCUT2D eigenvalue weighted by Gasteiger charge is 2.18. The lowest BCUT2D eigenvalue weighted by molar-refractivity contribution is 0.280. The van der Waals surface area contributed by atoms with Gasteiger partial charge in [-0.1, -0.05) is 30.3 Å². The molecule has 0 spiro atoms. The second-order valence-corrected chi connectivity index (χ2v) is 5.95. The zero-order valence-corrected chi connectivity index (χ0v) is 13.8. The Morgan fingerprint density at radius 3 is 2.62 bits per heavy atom. The summed E-state index contributed by atoms with van der Waals surface area (Å²) >= 11 is 0. The van der Waals surface area contributed by atoms with Crippen molar-refractivity contribution in [2.75, 3.05) is 6.61 Å². The number of aliphatic hydroxyl groups is 1. The van der Waals surface area contributed by atoms with Gasteiger partial charge in [0.1, 0.15) is 12.0 Å². The smallest absolute Gasteiger partial charge is 0.182 e. The predicted molar refractivity (Wildman–Crippen MR) is 92.9 cm³/mol. The van der Waals surface area contributed by atoms with Crippen LogP contribution in [0, 0.1) is 13.8 Å². The number of aryl methyl sites for hydroxylation is 2. The Morgan fingerprint density at radius 2 is 1.88 bits per heavy atom. The van der Waals surface area contributed by atoms with Gasteiger partial charge in [-0.2, -0.15) is 0 Å². The summed E-state index contributed by atoms with van der Waals surface area (Å²) in [5.74, 6) is 0.699. The highest BCUT2D eigenvalue weighted by Crippen LogP contribution is 2.28. The first-order valence-corrected chi connectivity index (χ1v) is 8.07. The van der Waals surface area contributed by atoms with Crippen LogP contribution >= 0.6 is 0 Å². The monoisotopic (exact) mass is 321 g/mol. The second-order valence-electron chi connectivity index (χ2n) is 5.95. The molecule has 3 aromatic heterocycles. The number of nitrogens with zero attached hydrogens (tertiary/aromatic N) is 5. The van der Waals surface area contributed by atoms with Gasteiger partial charge in [0.25, 0.3) is 0 Å².